The number of benzene rings is 2. The minimum atomic E-state index is 0. The topological polar surface area (TPSA) is 9.23 Å². The van der Waals surface area contributed by atoms with Crippen LogP contribution in [-0.4, -0.2) is 18.5 Å². The van der Waals surface area contributed by atoms with E-state index >= 15 is 0 Å². The quantitative estimate of drug-likeness (QED) is 0.358. The second-order valence-electron chi connectivity index (χ2n) is 7.37. The van der Waals surface area contributed by atoms with Crippen LogP contribution in [0, 0.1) is 5.41 Å². The standard InChI is InChI=1S/C23H30OS.BrH/c25-17-8-7-15-23(22-14-9-16-24-22,18-20-10-3-1-4-11-20)19-21-12-5-2-6-13-21;/h1-6,10-13,22,25H,7-9,14-19H2;1H. The van der Waals surface area contributed by atoms with E-state index in [4.69, 9.17) is 4.74 Å². The summed E-state index contributed by atoms with van der Waals surface area (Å²) in [7, 11) is 0. The van der Waals surface area contributed by atoms with E-state index in [-0.39, 0.29) is 22.4 Å². The first-order chi connectivity index (χ1) is 12.3. The van der Waals surface area contributed by atoms with Gasteiger partial charge in [0.2, 0.25) is 0 Å². The molecule has 3 rings (SSSR count). The number of hydrogen-bond acceptors (Lipinski definition) is 2. The fourth-order valence-electron chi connectivity index (χ4n) is 4.28. The Morgan fingerprint density at radius 3 is 1.92 bits per heavy atom. The number of thiol groups is 1. The van der Waals surface area contributed by atoms with E-state index in [1.165, 1.54) is 43.2 Å². The number of halogens is 1. The summed E-state index contributed by atoms with van der Waals surface area (Å²) in [5, 5.41) is 0. The van der Waals surface area contributed by atoms with Gasteiger partial charge in [0.05, 0.1) is 6.10 Å². The van der Waals surface area contributed by atoms with Crippen molar-refractivity contribution in [3.05, 3.63) is 71.8 Å². The van der Waals surface area contributed by atoms with Crippen molar-refractivity contribution >= 4 is 29.6 Å². The van der Waals surface area contributed by atoms with Crippen LogP contribution in [0.5, 0.6) is 0 Å². The van der Waals surface area contributed by atoms with Crippen LogP contribution in [0.3, 0.4) is 0 Å². The normalized spacial score (nSPS) is 17.0. The van der Waals surface area contributed by atoms with E-state index < -0.39 is 0 Å². The molecule has 1 aliphatic heterocycles. The zero-order valence-corrected chi connectivity index (χ0v) is 18.1. The first kappa shape index (κ1) is 21.5. The average Bonchev–Trinajstić information content (AvgIpc) is 3.19. The Morgan fingerprint density at radius 1 is 0.885 bits per heavy atom. The zero-order valence-electron chi connectivity index (χ0n) is 15.5. The Labute approximate surface area is 174 Å². The highest BCUT2D eigenvalue weighted by Crippen LogP contribution is 2.42. The van der Waals surface area contributed by atoms with Gasteiger partial charge in [-0.25, -0.2) is 0 Å². The molecule has 0 spiro atoms. The van der Waals surface area contributed by atoms with Gasteiger partial charge in [0.25, 0.3) is 0 Å². The molecule has 0 N–H and O–H groups in total. The van der Waals surface area contributed by atoms with Crippen molar-refractivity contribution in [3.63, 3.8) is 0 Å². The zero-order chi connectivity index (χ0) is 17.4. The summed E-state index contributed by atoms with van der Waals surface area (Å²) in [6.07, 6.45) is 8.57. The van der Waals surface area contributed by atoms with E-state index in [0.717, 1.165) is 25.2 Å². The number of hydrogen-bond donors (Lipinski definition) is 1. The lowest BCUT2D eigenvalue weighted by molar-refractivity contribution is -0.00866. The molecule has 3 heteroatoms. The van der Waals surface area contributed by atoms with Crippen LogP contribution in [0.25, 0.3) is 0 Å². The van der Waals surface area contributed by atoms with Crippen LogP contribution < -0.4 is 0 Å². The van der Waals surface area contributed by atoms with Crippen molar-refractivity contribution in [2.75, 3.05) is 12.4 Å². The number of unbranched alkanes of at least 4 members (excludes halogenated alkanes) is 1. The summed E-state index contributed by atoms with van der Waals surface area (Å²) < 4.78 is 6.27. The minimum absolute atomic E-state index is 0. The molecule has 2 aromatic rings. The fourth-order valence-corrected chi connectivity index (χ4v) is 4.51. The van der Waals surface area contributed by atoms with Crippen molar-refractivity contribution < 1.29 is 4.74 Å². The molecule has 0 aromatic heterocycles. The molecule has 0 bridgehead atoms. The Kier molecular flexibility index (Phi) is 9.24. The molecule has 0 aliphatic carbocycles. The summed E-state index contributed by atoms with van der Waals surface area (Å²) in [5.41, 5.74) is 3.04. The van der Waals surface area contributed by atoms with Crippen LogP contribution in [0.4, 0.5) is 0 Å². The number of ether oxygens (including phenoxy) is 1. The van der Waals surface area contributed by atoms with Gasteiger partial charge in [-0.05, 0) is 55.4 Å². The van der Waals surface area contributed by atoms with Gasteiger partial charge in [-0.3, -0.25) is 0 Å². The second kappa shape index (κ2) is 11.2. The molecule has 1 saturated heterocycles. The monoisotopic (exact) mass is 434 g/mol. The maximum atomic E-state index is 6.27. The third kappa shape index (κ3) is 5.87. The number of rotatable bonds is 9. The van der Waals surface area contributed by atoms with E-state index in [2.05, 4.69) is 73.3 Å². The molecule has 1 heterocycles. The molecular formula is C23H31BrOS. The lowest BCUT2D eigenvalue weighted by Crippen LogP contribution is -2.39. The summed E-state index contributed by atoms with van der Waals surface area (Å²) in [5.74, 6) is 0.971. The summed E-state index contributed by atoms with van der Waals surface area (Å²) >= 11 is 4.43. The first-order valence-electron chi connectivity index (χ1n) is 9.63. The van der Waals surface area contributed by atoms with Crippen molar-refractivity contribution in [2.24, 2.45) is 5.41 Å². The third-order valence-electron chi connectivity index (χ3n) is 5.49. The highest BCUT2D eigenvalue weighted by molar-refractivity contribution is 8.93. The Balaban J connectivity index is 0.00000243. The summed E-state index contributed by atoms with van der Waals surface area (Å²) in [6.45, 7) is 0.919. The van der Waals surface area contributed by atoms with Crippen LogP contribution >= 0.6 is 29.6 Å². The first-order valence-corrected chi connectivity index (χ1v) is 10.3. The predicted octanol–water partition coefficient (Wildman–Crippen LogP) is 6.32. The van der Waals surface area contributed by atoms with Crippen LogP contribution in [0.1, 0.15) is 43.2 Å². The van der Waals surface area contributed by atoms with Gasteiger partial charge in [0, 0.05) is 12.0 Å². The lowest BCUT2D eigenvalue weighted by Gasteiger charge is -2.39. The van der Waals surface area contributed by atoms with E-state index in [1.54, 1.807) is 0 Å². The molecule has 0 radical (unpaired) electrons. The molecule has 1 nitrogen and oxygen atoms in total. The average molecular weight is 435 g/mol. The third-order valence-corrected chi connectivity index (χ3v) is 5.81. The molecule has 1 unspecified atom stereocenters. The van der Waals surface area contributed by atoms with Gasteiger partial charge in [-0.1, -0.05) is 67.1 Å². The molecule has 26 heavy (non-hydrogen) atoms. The molecular weight excluding hydrogens is 404 g/mol. The van der Waals surface area contributed by atoms with Crippen LogP contribution in [0.2, 0.25) is 0 Å². The second-order valence-corrected chi connectivity index (χ2v) is 7.82. The maximum Gasteiger partial charge on any atom is 0.0638 e. The van der Waals surface area contributed by atoms with E-state index in [9.17, 15) is 0 Å². The van der Waals surface area contributed by atoms with E-state index in [0.29, 0.717) is 6.10 Å². The largest absolute Gasteiger partial charge is 0.378 e. The smallest absolute Gasteiger partial charge is 0.0638 e. The molecule has 1 fully saturated rings. The van der Waals surface area contributed by atoms with Gasteiger partial charge in [0.15, 0.2) is 0 Å². The van der Waals surface area contributed by atoms with Gasteiger partial charge in [-0.15, -0.1) is 17.0 Å². The van der Waals surface area contributed by atoms with Crippen molar-refractivity contribution in [1.82, 2.24) is 0 Å². The molecule has 1 aliphatic rings. The van der Waals surface area contributed by atoms with Gasteiger partial charge >= 0.3 is 0 Å². The van der Waals surface area contributed by atoms with Gasteiger partial charge in [0.1, 0.15) is 0 Å². The lowest BCUT2D eigenvalue weighted by atomic mass is 9.68. The Hall–Kier alpha value is -0.770. The van der Waals surface area contributed by atoms with Crippen molar-refractivity contribution in [3.8, 4) is 0 Å². The van der Waals surface area contributed by atoms with Gasteiger partial charge in [-0.2, -0.15) is 12.6 Å². The maximum absolute atomic E-state index is 6.27. The predicted molar refractivity (Wildman–Crippen MR) is 120 cm³/mol. The summed E-state index contributed by atoms with van der Waals surface area (Å²) in [4.78, 5) is 0. The minimum Gasteiger partial charge on any atom is -0.378 e. The van der Waals surface area contributed by atoms with Crippen molar-refractivity contribution in [1.29, 1.82) is 0 Å². The van der Waals surface area contributed by atoms with Crippen LogP contribution in [-0.2, 0) is 17.6 Å². The molecule has 0 saturated carbocycles. The molecule has 1 atom stereocenters. The Bertz CT molecular complexity index is 569. The van der Waals surface area contributed by atoms with Gasteiger partial charge < -0.3 is 4.74 Å². The molecule has 142 valence electrons. The van der Waals surface area contributed by atoms with E-state index in [1.807, 2.05) is 0 Å². The summed E-state index contributed by atoms with van der Waals surface area (Å²) in [6, 6.07) is 21.9. The highest BCUT2D eigenvalue weighted by Gasteiger charge is 2.40. The van der Waals surface area contributed by atoms with Crippen LogP contribution in [0.15, 0.2) is 60.7 Å². The fraction of sp³-hybridized carbons (Fsp3) is 0.478. The van der Waals surface area contributed by atoms with Crippen molar-refractivity contribution in [2.45, 2.75) is 51.0 Å². The highest BCUT2D eigenvalue weighted by atomic mass is 79.9. The molecule has 0 amide bonds. The Morgan fingerprint density at radius 2 is 1.46 bits per heavy atom. The molecule has 2 aromatic carbocycles. The SMILES string of the molecule is Br.SCCCCC(Cc1ccccc1)(Cc1ccccc1)C1CCCO1.